The van der Waals surface area contributed by atoms with Gasteiger partial charge < -0.3 is 4.98 Å². The molecule has 0 atom stereocenters. The van der Waals surface area contributed by atoms with Crippen molar-refractivity contribution in [1.29, 1.82) is 0 Å². The minimum Gasteiger partial charge on any atom is -0.346 e. The van der Waals surface area contributed by atoms with E-state index in [0.29, 0.717) is 5.02 Å². The van der Waals surface area contributed by atoms with Gasteiger partial charge in [0, 0.05) is 27.8 Å². The van der Waals surface area contributed by atoms with Gasteiger partial charge in [-0.05, 0) is 39.7 Å². The van der Waals surface area contributed by atoms with E-state index in [2.05, 4.69) is 25.9 Å². The van der Waals surface area contributed by atoms with Crippen molar-refractivity contribution in [3.05, 3.63) is 63.1 Å². The zero-order valence-electron chi connectivity index (χ0n) is 10.2. The summed E-state index contributed by atoms with van der Waals surface area (Å²) in [5.74, 6) is -0.340. The number of hydrogen-bond acceptors (Lipinski definition) is 1. The highest BCUT2D eigenvalue weighted by atomic mass is 79.9. The van der Waals surface area contributed by atoms with Crippen molar-refractivity contribution >= 4 is 50.7 Å². The van der Waals surface area contributed by atoms with Crippen LogP contribution in [0.25, 0.3) is 23.2 Å². The topological polar surface area (TPSA) is 28.7 Å². The first kappa shape index (κ1) is 13.3. The maximum atomic E-state index is 13.0. The number of rotatable bonds is 2. The maximum Gasteiger partial charge on any atom is 0.137 e. The Labute approximate surface area is 128 Å². The Balaban J connectivity index is 2.00. The predicted molar refractivity (Wildman–Crippen MR) is 84.1 cm³/mol. The number of aromatic amines is 1. The second-order valence-corrected chi connectivity index (χ2v) is 5.62. The molecule has 0 fully saturated rings. The molecule has 0 aliphatic heterocycles. The maximum absolute atomic E-state index is 13.0. The van der Waals surface area contributed by atoms with Crippen LogP contribution in [0.1, 0.15) is 11.1 Å². The summed E-state index contributed by atoms with van der Waals surface area (Å²) in [4.78, 5) is 7.37. The average molecular weight is 352 g/mol. The van der Waals surface area contributed by atoms with E-state index in [9.17, 15) is 4.39 Å². The third-order valence-electron chi connectivity index (χ3n) is 2.93. The van der Waals surface area contributed by atoms with Gasteiger partial charge in [0.05, 0.1) is 5.02 Å². The fourth-order valence-corrected chi connectivity index (χ4v) is 2.51. The van der Waals surface area contributed by atoms with E-state index >= 15 is 0 Å². The van der Waals surface area contributed by atoms with Gasteiger partial charge in [-0.25, -0.2) is 9.37 Å². The van der Waals surface area contributed by atoms with Gasteiger partial charge in [-0.3, -0.25) is 0 Å². The van der Waals surface area contributed by atoms with E-state index in [1.807, 2.05) is 24.4 Å². The Morgan fingerprint density at radius 2 is 2.00 bits per heavy atom. The monoisotopic (exact) mass is 350 g/mol. The summed E-state index contributed by atoms with van der Waals surface area (Å²) in [7, 11) is 0. The van der Waals surface area contributed by atoms with Crippen molar-refractivity contribution in [3.63, 3.8) is 0 Å². The van der Waals surface area contributed by atoms with E-state index in [-0.39, 0.29) is 5.82 Å². The number of H-pyrrole nitrogens is 1. The summed E-state index contributed by atoms with van der Waals surface area (Å²) in [5, 5.41) is 1.40. The number of hydrogen-bond donors (Lipinski definition) is 1. The van der Waals surface area contributed by atoms with Crippen LogP contribution in [0.3, 0.4) is 0 Å². The van der Waals surface area contributed by atoms with Gasteiger partial charge in [0.2, 0.25) is 0 Å². The van der Waals surface area contributed by atoms with Crippen LogP contribution in [-0.2, 0) is 0 Å². The number of halogens is 3. The molecule has 20 heavy (non-hydrogen) atoms. The molecular formula is C15H9BrClFN2. The van der Waals surface area contributed by atoms with Crippen LogP contribution >= 0.6 is 27.5 Å². The van der Waals surface area contributed by atoms with E-state index in [0.717, 1.165) is 26.6 Å². The fourth-order valence-electron chi connectivity index (χ4n) is 1.95. The Morgan fingerprint density at radius 3 is 2.80 bits per heavy atom. The smallest absolute Gasteiger partial charge is 0.137 e. The lowest BCUT2D eigenvalue weighted by atomic mass is 10.1. The molecule has 0 bridgehead atoms. The van der Waals surface area contributed by atoms with Crippen molar-refractivity contribution < 1.29 is 4.39 Å². The van der Waals surface area contributed by atoms with E-state index in [1.54, 1.807) is 12.3 Å². The molecule has 0 saturated heterocycles. The highest BCUT2D eigenvalue weighted by Crippen LogP contribution is 2.24. The summed E-state index contributed by atoms with van der Waals surface area (Å²) in [5.41, 5.74) is 2.58. The Kier molecular flexibility index (Phi) is 3.59. The first-order chi connectivity index (χ1) is 9.63. The zero-order chi connectivity index (χ0) is 14.1. The van der Waals surface area contributed by atoms with Crippen molar-refractivity contribution in [1.82, 2.24) is 9.97 Å². The van der Waals surface area contributed by atoms with Gasteiger partial charge in [-0.15, -0.1) is 0 Å². The number of benzene rings is 1. The standard InChI is InChI=1S/C15H9BrClFN2/c16-11-5-13-10(7-19-15(13)20-8-11)2-1-9-3-4-12(18)6-14(9)17/h1-8H,(H,19,20). The summed E-state index contributed by atoms with van der Waals surface area (Å²) < 4.78 is 13.9. The summed E-state index contributed by atoms with van der Waals surface area (Å²) in [6.45, 7) is 0. The van der Waals surface area contributed by atoms with Crippen molar-refractivity contribution in [3.8, 4) is 0 Å². The van der Waals surface area contributed by atoms with Gasteiger partial charge in [0.25, 0.3) is 0 Å². The highest BCUT2D eigenvalue weighted by molar-refractivity contribution is 9.10. The Morgan fingerprint density at radius 1 is 1.20 bits per heavy atom. The second kappa shape index (κ2) is 5.38. The molecular weight excluding hydrogens is 343 g/mol. The number of aromatic nitrogens is 2. The lowest BCUT2D eigenvalue weighted by Crippen LogP contribution is -1.78. The second-order valence-electron chi connectivity index (χ2n) is 4.29. The molecule has 2 aromatic heterocycles. The molecule has 0 radical (unpaired) electrons. The largest absolute Gasteiger partial charge is 0.346 e. The van der Waals surface area contributed by atoms with Crippen molar-refractivity contribution in [2.24, 2.45) is 0 Å². The number of nitrogens with zero attached hydrogens (tertiary/aromatic N) is 1. The van der Waals surface area contributed by atoms with Gasteiger partial charge in [0.1, 0.15) is 11.5 Å². The van der Waals surface area contributed by atoms with Crippen LogP contribution in [0.2, 0.25) is 5.02 Å². The van der Waals surface area contributed by atoms with Gasteiger partial charge in [0.15, 0.2) is 0 Å². The van der Waals surface area contributed by atoms with E-state index in [4.69, 9.17) is 11.6 Å². The van der Waals surface area contributed by atoms with Crippen LogP contribution in [0.15, 0.2) is 41.1 Å². The van der Waals surface area contributed by atoms with Crippen molar-refractivity contribution in [2.75, 3.05) is 0 Å². The number of pyridine rings is 1. The molecule has 1 aromatic carbocycles. The molecule has 0 saturated carbocycles. The molecule has 0 aliphatic rings. The summed E-state index contributed by atoms with van der Waals surface area (Å²) in [6, 6.07) is 6.33. The van der Waals surface area contributed by atoms with E-state index in [1.165, 1.54) is 12.1 Å². The highest BCUT2D eigenvalue weighted by Gasteiger charge is 2.03. The molecule has 0 amide bonds. The molecule has 3 aromatic rings. The minimum absolute atomic E-state index is 0.340. The zero-order valence-corrected chi connectivity index (χ0v) is 12.5. The molecule has 0 unspecified atom stereocenters. The SMILES string of the molecule is Fc1ccc(C=Cc2c[nH]c3ncc(Br)cc23)c(Cl)c1. The Hall–Kier alpha value is -1.65. The summed E-state index contributed by atoms with van der Waals surface area (Å²) >= 11 is 9.40. The lowest BCUT2D eigenvalue weighted by molar-refractivity contribution is 0.628. The first-order valence-electron chi connectivity index (χ1n) is 5.89. The molecule has 1 N–H and O–H groups in total. The number of fused-ring (bicyclic) bond motifs is 1. The minimum atomic E-state index is -0.340. The molecule has 3 rings (SSSR count). The third-order valence-corrected chi connectivity index (χ3v) is 3.70. The Bertz CT molecular complexity index is 811. The molecule has 2 nitrogen and oxygen atoms in total. The van der Waals surface area contributed by atoms with E-state index < -0.39 is 0 Å². The number of nitrogens with one attached hydrogen (secondary N) is 1. The molecule has 0 aliphatic carbocycles. The molecule has 5 heteroatoms. The van der Waals surface area contributed by atoms with Crippen LogP contribution in [-0.4, -0.2) is 9.97 Å². The lowest BCUT2D eigenvalue weighted by Gasteiger charge is -1.98. The van der Waals surface area contributed by atoms with Crippen LogP contribution in [0, 0.1) is 5.82 Å². The average Bonchev–Trinajstić information content (AvgIpc) is 2.80. The first-order valence-corrected chi connectivity index (χ1v) is 7.06. The van der Waals surface area contributed by atoms with Crippen LogP contribution in [0.5, 0.6) is 0 Å². The van der Waals surface area contributed by atoms with Gasteiger partial charge in [-0.2, -0.15) is 0 Å². The predicted octanol–water partition coefficient (Wildman–Crippen LogP) is 5.29. The van der Waals surface area contributed by atoms with Crippen LogP contribution < -0.4 is 0 Å². The quantitative estimate of drug-likeness (QED) is 0.668. The third kappa shape index (κ3) is 2.62. The van der Waals surface area contributed by atoms with Gasteiger partial charge in [-0.1, -0.05) is 29.8 Å². The van der Waals surface area contributed by atoms with Crippen LogP contribution in [0.4, 0.5) is 4.39 Å². The fraction of sp³-hybridized carbons (Fsp3) is 0. The summed E-state index contributed by atoms with van der Waals surface area (Å²) in [6.07, 6.45) is 7.39. The normalized spacial score (nSPS) is 11.6. The molecule has 0 spiro atoms. The molecule has 2 heterocycles. The molecule has 100 valence electrons. The van der Waals surface area contributed by atoms with Crippen molar-refractivity contribution in [2.45, 2.75) is 0 Å². The van der Waals surface area contributed by atoms with Gasteiger partial charge >= 0.3 is 0 Å².